The molecule has 40 heavy (non-hydrogen) atoms. The number of benzene rings is 4. The molecule has 0 bridgehead atoms. The van der Waals surface area contributed by atoms with Crippen LogP contribution in [-0.2, 0) is 6.42 Å². The number of aromatic hydroxyl groups is 2. The number of piperazine rings is 1. The molecule has 0 radical (unpaired) electrons. The third-order valence-electron chi connectivity index (χ3n) is 7.99. The topological polar surface area (TPSA) is 82.0 Å². The molecular weight excluding hydrogens is 500 g/mol. The average molecular weight is 531 g/mol. The number of nitrogens with zero attached hydrogens (tertiary/aromatic N) is 4. The fraction of sp³-hybridized carbons (Fsp3) is 0.212. The van der Waals surface area contributed by atoms with Crippen molar-refractivity contribution in [2.45, 2.75) is 6.42 Å². The first-order valence-electron chi connectivity index (χ1n) is 13.7. The second kappa shape index (κ2) is 10.2. The van der Waals surface area contributed by atoms with E-state index < -0.39 is 0 Å². The van der Waals surface area contributed by atoms with Gasteiger partial charge in [-0.2, -0.15) is 0 Å². The number of ether oxygens (including phenoxy) is 1. The molecule has 0 unspecified atom stereocenters. The Labute approximate surface area is 232 Å². The number of hydrogen-bond donors (Lipinski definition) is 2. The Morgan fingerprint density at radius 1 is 0.775 bits per heavy atom. The molecule has 1 aliphatic carbocycles. The summed E-state index contributed by atoms with van der Waals surface area (Å²) in [6, 6.07) is 23.4. The van der Waals surface area contributed by atoms with E-state index in [0.29, 0.717) is 6.61 Å². The van der Waals surface area contributed by atoms with Crippen molar-refractivity contribution in [3.05, 3.63) is 96.3 Å². The SMILES string of the molecule is Oc1ccc2c(c1)Cc1c-2cc2ccc(O)cc2c1-c1cccc(OCCN2CCN(c3ncccn3)CC2)c1. The maximum absolute atomic E-state index is 10.4. The smallest absolute Gasteiger partial charge is 0.225 e. The Hall–Kier alpha value is -4.62. The normalized spacial score (nSPS) is 14.8. The fourth-order valence-electron chi connectivity index (χ4n) is 6.02. The average Bonchev–Trinajstić information content (AvgIpc) is 3.33. The van der Waals surface area contributed by atoms with Crippen LogP contribution in [0.25, 0.3) is 33.0 Å². The molecule has 7 heteroatoms. The minimum absolute atomic E-state index is 0.244. The van der Waals surface area contributed by atoms with Crippen molar-refractivity contribution < 1.29 is 14.9 Å². The summed E-state index contributed by atoms with van der Waals surface area (Å²) in [7, 11) is 0. The molecule has 2 heterocycles. The molecule has 2 aliphatic rings. The van der Waals surface area contributed by atoms with E-state index >= 15 is 0 Å². The predicted molar refractivity (Wildman–Crippen MR) is 157 cm³/mol. The Kier molecular flexibility index (Phi) is 6.21. The molecule has 1 aliphatic heterocycles. The molecule has 1 saturated heterocycles. The summed E-state index contributed by atoms with van der Waals surface area (Å²) in [4.78, 5) is 13.4. The van der Waals surface area contributed by atoms with Crippen LogP contribution in [0.1, 0.15) is 11.1 Å². The van der Waals surface area contributed by atoms with Gasteiger partial charge in [0, 0.05) is 45.1 Å². The van der Waals surface area contributed by atoms with Crippen molar-refractivity contribution >= 4 is 16.7 Å². The Balaban J connectivity index is 1.11. The number of hydrogen-bond acceptors (Lipinski definition) is 7. The number of aromatic nitrogens is 2. The van der Waals surface area contributed by atoms with E-state index in [0.717, 1.165) is 83.9 Å². The molecule has 0 saturated carbocycles. The van der Waals surface area contributed by atoms with Gasteiger partial charge in [-0.25, -0.2) is 9.97 Å². The summed E-state index contributed by atoms with van der Waals surface area (Å²) in [5, 5.41) is 22.5. The molecular formula is C33H30N4O3. The van der Waals surface area contributed by atoms with E-state index in [1.165, 1.54) is 11.1 Å². The lowest BCUT2D eigenvalue weighted by molar-refractivity contribution is 0.200. The van der Waals surface area contributed by atoms with Crippen molar-refractivity contribution in [2.75, 3.05) is 44.2 Å². The van der Waals surface area contributed by atoms with Crippen LogP contribution < -0.4 is 9.64 Å². The van der Waals surface area contributed by atoms with Crippen LogP contribution in [0.2, 0.25) is 0 Å². The number of fused-ring (bicyclic) bond motifs is 4. The fourth-order valence-corrected chi connectivity index (χ4v) is 6.02. The van der Waals surface area contributed by atoms with Gasteiger partial charge in [0.1, 0.15) is 23.9 Å². The summed E-state index contributed by atoms with van der Waals surface area (Å²) in [5.41, 5.74) is 6.80. The van der Waals surface area contributed by atoms with Gasteiger partial charge in [-0.3, -0.25) is 4.90 Å². The van der Waals surface area contributed by atoms with Crippen molar-refractivity contribution in [3.63, 3.8) is 0 Å². The first-order valence-corrected chi connectivity index (χ1v) is 13.7. The first-order chi connectivity index (χ1) is 19.6. The zero-order valence-electron chi connectivity index (χ0n) is 22.1. The number of rotatable bonds is 6. The second-order valence-corrected chi connectivity index (χ2v) is 10.5. The van der Waals surface area contributed by atoms with Gasteiger partial charge < -0.3 is 19.8 Å². The van der Waals surface area contributed by atoms with Crippen LogP contribution in [0, 0.1) is 0 Å². The molecule has 4 aromatic carbocycles. The molecule has 1 fully saturated rings. The summed E-state index contributed by atoms with van der Waals surface area (Å²) in [6.45, 7) is 5.15. The lowest BCUT2D eigenvalue weighted by atomic mass is 9.89. The maximum Gasteiger partial charge on any atom is 0.225 e. The number of phenols is 2. The van der Waals surface area contributed by atoms with Gasteiger partial charge in [0.15, 0.2) is 0 Å². The van der Waals surface area contributed by atoms with E-state index in [4.69, 9.17) is 4.74 Å². The minimum atomic E-state index is 0.244. The molecule has 0 spiro atoms. The van der Waals surface area contributed by atoms with E-state index in [9.17, 15) is 10.2 Å². The quantitative estimate of drug-likeness (QED) is 0.295. The summed E-state index contributed by atoms with van der Waals surface area (Å²) in [5.74, 6) is 2.14. The highest BCUT2D eigenvalue weighted by Gasteiger charge is 2.25. The molecule has 7 nitrogen and oxygen atoms in total. The third-order valence-corrected chi connectivity index (χ3v) is 7.99. The predicted octanol–water partition coefficient (Wildman–Crippen LogP) is 5.48. The van der Waals surface area contributed by atoms with Gasteiger partial charge in [-0.05, 0) is 99.1 Å². The van der Waals surface area contributed by atoms with E-state index in [-0.39, 0.29) is 11.5 Å². The third kappa shape index (κ3) is 4.58. The monoisotopic (exact) mass is 530 g/mol. The highest BCUT2D eigenvalue weighted by molar-refractivity contribution is 6.05. The van der Waals surface area contributed by atoms with E-state index in [1.807, 2.05) is 42.5 Å². The van der Waals surface area contributed by atoms with Gasteiger partial charge in [0.05, 0.1) is 0 Å². The zero-order valence-corrected chi connectivity index (χ0v) is 22.1. The van der Waals surface area contributed by atoms with Crippen LogP contribution >= 0.6 is 0 Å². The van der Waals surface area contributed by atoms with Crippen molar-refractivity contribution in [3.8, 4) is 39.5 Å². The highest BCUT2D eigenvalue weighted by Crippen LogP contribution is 2.47. The van der Waals surface area contributed by atoms with Crippen LogP contribution in [0.15, 0.2) is 85.2 Å². The number of phenolic OH excluding ortho intramolecular Hbond substituents is 2. The van der Waals surface area contributed by atoms with Gasteiger partial charge in [0.25, 0.3) is 0 Å². The number of anilines is 1. The molecule has 0 amide bonds. The van der Waals surface area contributed by atoms with Crippen LogP contribution in [0.4, 0.5) is 5.95 Å². The van der Waals surface area contributed by atoms with Crippen LogP contribution in [-0.4, -0.2) is 64.4 Å². The van der Waals surface area contributed by atoms with E-state index in [1.54, 1.807) is 24.5 Å². The Morgan fingerprint density at radius 2 is 1.57 bits per heavy atom. The molecule has 5 aromatic rings. The maximum atomic E-state index is 10.4. The standard InChI is InChI=1S/C33H30N4O3/c38-25-7-8-28-24(17-25)20-31-30(28)19-22-5-6-26(39)21-29(22)32(31)23-3-1-4-27(18-23)40-16-15-36-11-13-37(14-12-36)33-34-9-2-10-35-33/h1-10,17-19,21,38-39H,11-16,20H2. The highest BCUT2D eigenvalue weighted by atomic mass is 16.5. The summed E-state index contributed by atoms with van der Waals surface area (Å²) >= 11 is 0. The molecule has 7 rings (SSSR count). The van der Waals surface area contributed by atoms with Gasteiger partial charge in [0.2, 0.25) is 5.95 Å². The molecule has 1 aromatic heterocycles. The molecule has 2 N–H and O–H groups in total. The van der Waals surface area contributed by atoms with Gasteiger partial charge in [-0.1, -0.05) is 24.3 Å². The summed E-state index contributed by atoms with van der Waals surface area (Å²) < 4.78 is 6.25. The second-order valence-electron chi connectivity index (χ2n) is 10.5. The zero-order chi connectivity index (χ0) is 27.1. The van der Waals surface area contributed by atoms with Crippen molar-refractivity contribution in [1.82, 2.24) is 14.9 Å². The Bertz CT molecular complexity index is 1700. The van der Waals surface area contributed by atoms with Gasteiger partial charge >= 0.3 is 0 Å². The lowest BCUT2D eigenvalue weighted by Crippen LogP contribution is -2.48. The van der Waals surface area contributed by atoms with E-state index in [2.05, 4.69) is 38.0 Å². The molecule has 200 valence electrons. The largest absolute Gasteiger partial charge is 0.508 e. The van der Waals surface area contributed by atoms with Crippen LogP contribution in [0.5, 0.6) is 17.2 Å². The van der Waals surface area contributed by atoms with Gasteiger partial charge in [-0.15, -0.1) is 0 Å². The lowest BCUT2D eigenvalue weighted by Gasteiger charge is -2.34. The Morgan fingerprint density at radius 3 is 2.42 bits per heavy atom. The summed E-state index contributed by atoms with van der Waals surface area (Å²) in [6.07, 6.45) is 4.30. The van der Waals surface area contributed by atoms with Crippen molar-refractivity contribution in [2.24, 2.45) is 0 Å². The molecule has 0 atom stereocenters. The minimum Gasteiger partial charge on any atom is -0.508 e. The first kappa shape index (κ1) is 24.4. The van der Waals surface area contributed by atoms with Crippen molar-refractivity contribution in [1.29, 1.82) is 0 Å². The van der Waals surface area contributed by atoms with Crippen LogP contribution in [0.3, 0.4) is 0 Å².